The zero-order chi connectivity index (χ0) is 14.7. The Labute approximate surface area is 118 Å². The van der Waals surface area contributed by atoms with Crippen LogP contribution in [0.25, 0.3) is 0 Å². The highest BCUT2D eigenvalue weighted by Gasteiger charge is 2.09. The van der Waals surface area contributed by atoms with Crippen LogP contribution in [0.3, 0.4) is 0 Å². The van der Waals surface area contributed by atoms with Gasteiger partial charge in [0.25, 0.3) is 0 Å². The molecule has 5 nitrogen and oxygen atoms in total. The Morgan fingerprint density at radius 3 is 2.65 bits per heavy atom. The zero-order valence-corrected chi connectivity index (χ0v) is 12.2. The number of benzene rings is 1. The Kier molecular flexibility index (Phi) is 4.08. The molecule has 0 atom stereocenters. The number of aromatic amines is 1. The van der Waals surface area contributed by atoms with Crippen LogP contribution in [0.5, 0.6) is 0 Å². The Morgan fingerprint density at radius 1 is 1.35 bits per heavy atom. The highest BCUT2D eigenvalue weighted by Crippen LogP contribution is 2.19. The lowest BCUT2D eigenvalue weighted by Gasteiger charge is -2.11. The molecule has 106 valence electrons. The molecule has 1 aromatic carbocycles. The van der Waals surface area contributed by atoms with E-state index in [0.29, 0.717) is 12.1 Å². The molecule has 0 saturated heterocycles. The Bertz CT molecular complexity index is 613. The van der Waals surface area contributed by atoms with Gasteiger partial charge in [0, 0.05) is 23.5 Å². The van der Waals surface area contributed by atoms with E-state index in [0.717, 1.165) is 22.6 Å². The fraction of sp³-hybridized carbons (Fsp3) is 0.333. The second kappa shape index (κ2) is 5.77. The summed E-state index contributed by atoms with van der Waals surface area (Å²) in [6.45, 7) is 6.65. The van der Waals surface area contributed by atoms with E-state index in [2.05, 4.69) is 15.5 Å². The summed E-state index contributed by atoms with van der Waals surface area (Å²) in [6, 6.07) is 5.48. The third-order valence-corrected chi connectivity index (χ3v) is 3.38. The molecule has 1 heterocycles. The first kappa shape index (κ1) is 14.1. The molecule has 0 spiro atoms. The van der Waals surface area contributed by atoms with Gasteiger partial charge in [0.05, 0.1) is 18.4 Å². The SMILES string of the molecule is COC(=O)c1ccc(NCc2c(C)n[nH]c2C)c(C)c1. The smallest absolute Gasteiger partial charge is 0.337 e. The van der Waals surface area contributed by atoms with E-state index in [1.54, 1.807) is 6.07 Å². The number of nitrogens with zero attached hydrogens (tertiary/aromatic N) is 1. The molecular formula is C15H19N3O2. The van der Waals surface area contributed by atoms with E-state index < -0.39 is 0 Å². The van der Waals surface area contributed by atoms with E-state index in [9.17, 15) is 4.79 Å². The lowest BCUT2D eigenvalue weighted by molar-refractivity contribution is 0.0600. The van der Waals surface area contributed by atoms with Crippen LogP contribution in [-0.4, -0.2) is 23.3 Å². The molecule has 0 unspecified atom stereocenters. The summed E-state index contributed by atoms with van der Waals surface area (Å²) in [6.07, 6.45) is 0. The van der Waals surface area contributed by atoms with Crippen molar-refractivity contribution >= 4 is 11.7 Å². The third-order valence-electron chi connectivity index (χ3n) is 3.38. The monoisotopic (exact) mass is 273 g/mol. The van der Waals surface area contributed by atoms with Gasteiger partial charge >= 0.3 is 5.97 Å². The maximum Gasteiger partial charge on any atom is 0.337 e. The summed E-state index contributed by atoms with van der Waals surface area (Å²) in [5.74, 6) is -0.318. The van der Waals surface area contributed by atoms with E-state index in [4.69, 9.17) is 4.74 Å². The molecule has 0 radical (unpaired) electrons. The minimum Gasteiger partial charge on any atom is -0.465 e. The maximum atomic E-state index is 11.5. The summed E-state index contributed by atoms with van der Waals surface area (Å²) in [4.78, 5) is 11.5. The molecule has 1 aromatic heterocycles. The number of hydrogen-bond acceptors (Lipinski definition) is 4. The quantitative estimate of drug-likeness (QED) is 0.841. The van der Waals surface area contributed by atoms with Gasteiger partial charge in [0.15, 0.2) is 0 Å². The topological polar surface area (TPSA) is 67.0 Å². The average Bonchev–Trinajstić information content (AvgIpc) is 2.76. The molecule has 2 aromatic rings. The third kappa shape index (κ3) is 2.82. The number of carbonyl (C=O) groups is 1. The molecule has 20 heavy (non-hydrogen) atoms. The van der Waals surface area contributed by atoms with Crippen LogP contribution in [0.4, 0.5) is 5.69 Å². The highest BCUT2D eigenvalue weighted by molar-refractivity contribution is 5.90. The van der Waals surface area contributed by atoms with Crippen LogP contribution < -0.4 is 5.32 Å². The van der Waals surface area contributed by atoms with Crippen molar-refractivity contribution < 1.29 is 9.53 Å². The van der Waals surface area contributed by atoms with Gasteiger partial charge in [0.1, 0.15) is 0 Å². The molecule has 2 N–H and O–H groups in total. The number of rotatable bonds is 4. The Morgan fingerprint density at radius 2 is 2.10 bits per heavy atom. The maximum absolute atomic E-state index is 11.5. The van der Waals surface area contributed by atoms with Crippen LogP contribution in [0, 0.1) is 20.8 Å². The molecule has 0 amide bonds. The predicted molar refractivity (Wildman–Crippen MR) is 77.9 cm³/mol. The normalized spacial score (nSPS) is 10.4. The number of carbonyl (C=O) groups excluding carboxylic acids is 1. The fourth-order valence-corrected chi connectivity index (χ4v) is 2.12. The lowest BCUT2D eigenvalue weighted by atomic mass is 10.1. The van der Waals surface area contributed by atoms with Gasteiger partial charge < -0.3 is 10.1 Å². The van der Waals surface area contributed by atoms with Crippen molar-refractivity contribution in [2.24, 2.45) is 0 Å². The number of aromatic nitrogens is 2. The summed E-state index contributed by atoms with van der Waals surface area (Å²) in [7, 11) is 1.38. The number of hydrogen-bond donors (Lipinski definition) is 2. The van der Waals surface area contributed by atoms with Crippen molar-refractivity contribution in [3.8, 4) is 0 Å². The first-order valence-corrected chi connectivity index (χ1v) is 6.46. The fourth-order valence-electron chi connectivity index (χ4n) is 2.12. The van der Waals surface area contributed by atoms with E-state index in [1.165, 1.54) is 12.7 Å². The first-order valence-electron chi connectivity index (χ1n) is 6.46. The molecular weight excluding hydrogens is 254 g/mol. The largest absolute Gasteiger partial charge is 0.465 e. The Balaban J connectivity index is 2.13. The minimum absolute atomic E-state index is 0.318. The summed E-state index contributed by atoms with van der Waals surface area (Å²) < 4.78 is 4.71. The van der Waals surface area contributed by atoms with Crippen LogP contribution in [-0.2, 0) is 11.3 Å². The van der Waals surface area contributed by atoms with Crippen molar-refractivity contribution in [3.63, 3.8) is 0 Å². The average molecular weight is 273 g/mol. The van der Waals surface area contributed by atoms with Crippen molar-refractivity contribution in [2.75, 3.05) is 12.4 Å². The molecule has 5 heteroatoms. The van der Waals surface area contributed by atoms with E-state index >= 15 is 0 Å². The van der Waals surface area contributed by atoms with Crippen molar-refractivity contribution in [1.82, 2.24) is 10.2 Å². The summed E-state index contributed by atoms with van der Waals surface area (Å²) >= 11 is 0. The zero-order valence-electron chi connectivity index (χ0n) is 12.2. The Hall–Kier alpha value is -2.30. The molecule has 0 bridgehead atoms. The van der Waals surface area contributed by atoms with Gasteiger partial charge in [-0.05, 0) is 44.5 Å². The molecule has 0 aliphatic rings. The summed E-state index contributed by atoms with van der Waals surface area (Å²) in [5.41, 5.74) is 5.80. The number of aryl methyl sites for hydroxylation is 3. The second-order valence-electron chi connectivity index (χ2n) is 4.79. The molecule has 0 aliphatic carbocycles. The van der Waals surface area contributed by atoms with Crippen molar-refractivity contribution in [3.05, 3.63) is 46.3 Å². The van der Waals surface area contributed by atoms with Crippen LogP contribution in [0.2, 0.25) is 0 Å². The molecule has 0 fully saturated rings. The van der Waals surface area contributed by atoms with Crippen LogP contribution in [0.15, 0.2) is 18.2 Å². The van der Waals surface area contributed by atoms with Gasteiger partial charge in [-0.25, -0.2) is 4.79 Å². The van der Waals surface area contributed by atoms with Gasteiger partial charge in [-0.15, -0.1) is 0 Å². The molecule has 0 saturated carbocycles. The van der Waals surface area contributed by atoms with Gasteiger partial charge in [0.2, 0.25) is 0 Å². The van der Waals surface area contributed by atoms with E-state index in [1.807, 2.05) is 32.9 Å². The number of esters is 1. The van der Waals surface area contributed by atoms with Crippen LogP contribution >= 0.6 is 0 Å². The predicted octanol–water partition coefficient (Wildman–Crippen LogP) is 2.73. The number of ether oxygens (including phenoxy) is 1. The standard InChI is InChI=1S/C15H19N3O2/c1-9-7-12(15(19)20-4)5-6-14(9)16-8-13-10(2)17-18-11(13)3/h5-7,16H,8H2,1-4H3,(H,17,18). The van der Waals surface area contributed by atoms with Crippen LogP contribution in [0.1, 0.15) is 32.9 Å². The number of H-pyrrole nitrogens is 1. The van der Waals surface area contributed by atoms with Crippen molar-refractivity contribution in [1.29, 1.82) is 0 Å². The van der Waals surface area contributed by atoms with E-state index in [-0.39, 0.29) is 5.97 Å². The van der Waals surface area contributed by atoms with Gasteiger partial charge in [-0.1, -0.05) is 0 Å². The van der Waals surface area contributed by atoms with Gasteiger partial charge in [-0.2, -0.15) is 5.10 Å². The lowest BCUT2D eigenvalue weighted by Crippen LogP contribution is -2.05. The second-order valence-corrected chi connectivity index (χ2v) is 4.79. The first-order chi connectivity index (χ1) is 9.52. The number of nitrogens with one attached hydrogen (secondary N) is 2. The van der Waals surface area contributed by atoms with Gasteiger partial charge in [-0.3, -0.25) is 5.10 Å². The minimum atomic E-state index is -0.318. The molecule has 2 rings (SSSR count). The molecule has 0 aliphatic heterocycles. The summed E-state index contributed by atoms with van der Waals surface area (Å²) in [5, 5.41) is 10.5. The highest BCUT2D eigenvalue weighted by atomic mass is 16.5. The number of methoxy groups -OCH3 is 1. The number of anilines is 1. The van der Waals surface area contributed by atoms with Crippen molar-refractivity contribution in [2.45, 2.75) is 27.3 Å².